The molecule has 2 aromatic rings. The summed E-state index contributed by atoms with van der Waals surface area (Å²) in [5, 5.41) is 2.92. The van der Waals surface area contributed by atoms with Crippen LogP contribution in [-0.2, 0) is 11.2 Å². The molecular weight excluding hydrogens is 414 g/mol. The number of carbonyl (C=O) groups excluding carboxylic acids is 1. The monoisotopic (exact) mass is 435 g/mol. The van der Waals surface area contributed by atoms with Gasteiger partial charge in [0.1, 0.15) is 6.10 Å². The Labute approximate surface area is 166 Å². The van der Waals surface area contributed by atoms with E-state index in [0.29, 0.717) is 36.0 Å². The zero-order chi connectivity index (χ0) is 19.4. The summed E-state index contributed by atoms with van der Waals surface area (Å²) in [5.41, 5.74) is 1.01. The molecule has 27 heavy (non-hydrogen) atoms. The van der Waals surface area contributed by atoms with Gasteiger partial charge in [0.2, 0.25) is 6.10 Å². The number of nitrogens with one attached hydrogen (secondary N) is 1. The summed E-state index contributed by atoms with van der Waals surface area (Å²) >= 11 is 3.53. The number of carbonyl (C=O) groups is 1. The van der Waals surface area contributed by atoms with Gasteiger partial charge in [0.15, 0.2) is 23.0 Å². The average molecular weight is 436 g/mol. The maximum Gasteiger partial charge on any atom is 0.265 e. The Morgan fingerprint density at radius 3 is 2.41 bits per heavy atom. The standard InChI is InChI=1S/C20H22BrNO5/c1-12-19(27-16-7-5-4-6-15(16)26-12)20(23)22-9-8-13-10-17(24-2)18(25-3)11-14(13)21/h4-7,10-12,19H,8-9H2,1-3H3,(H,22,23). The normalized spacial score (nSPS) is 17.9. The molecule has 3 rings (SSSR count). The van der Waals surface area contributed by atoms with Crippen LogP contribution in [0.5, 0.6) is 23.0 Å². The second-order valence-electron chi connectivity index (χ2n) is 6.15. The van der Waals surface area contributed by atoms with Crippen molar-refractivity contribution in [2.24, 2.45) is 0 Å². The zero-order valence-corrected chi connectivity index (χ0v) is 17.0. The number of hydrogen-bond donors (Lipinski definition) is 1. The molecule has 2 atom stereocenters. The Kier molecular flexibility index (Phi) is 6.11. The Hall–Kier alpha value is -2.41. The molecule has 6 nitrogen and oxygen atoms in total. The van der Waals surface area contributed by atoms with Crippen molar-refractivity contribution in [2.45, 2.75) is 25.6 Å². The van der Waals surface area contributed by atoms with E-state index in [9.17, 15) is 4.79 Å². The highest BCUT2D eigenvalue weighted by Crippen LogP contribution is 2.34. The van der Waals surface area contributed by atoms with Crippen molar-refractivity contribution in [2.75, 3.05) is 20.8 Å². The molecule has 1 aliphatic heterocycles. The van der Waals surface area contributed by atoms with Crippen molar-refractivity contribution in [1.29, 1.82) is 0 Å². The molecule has 0 saturated carbocycles. The Morgan fingerprint density at radius 2 is 1.74 bits per heavy atom. The van der Waals surface area contributed by atoms with Crippen LogP contribution in [0.4, 0.5) is 0 Å². The first kappa shape index (κ1) is 19.4. The fraction of sp³-hybridized carbons (Fsp3) is 0.350. The van der Waals surface area contributed by atoms with Gasteiger partial charge in [0.05, 0.1) is 14.2 Å². The van der Waals surface area contributed by atoms with Crippen LogP contribution in [0.1, 0.15) is 12.5 Å². The van der Waals surface area contributed by atoms with Gasteiger partial charge in [0.25, 0.3) is 5.91 Å². The number of halogens is 1. The van der Waals surface area contributed by atoms with Gasteiger partial charge in [-0.25, -0.2) is 0 Å². The van der Waals surface area contributed by atoms with Crippen LogP contribution in [0.2, 0.25) is 0 Å². The van der Waals surface area contributed by atoms with Crippen molar-refractivity contribution in [3.05, 3.63) is 46.4 Å². The summed E-state index contributed by atoms with van der Waals surface area (Å²) in [4.78, 5) is 12.5. The number of fused-ring (bicyclic) bond motifs is 1. The van der Waals surface area contributed by atoms with Gasteiger partial charge in [-0.15, -0.1) is 0 Å². The lowest BCUT2D eigenvalue weighted by Crippen LogP contribution is -2.49. The van der Waals surface area contributed by atoms with Gasteiger partial charge in [0, 0.05) is 11.0 Å². The highest BCUT2D eigenvalue weighted by molar-refractivity contribution is 9.10. The van der Waals surface area contributed by atoms with Crippen LogP contribution in [-0.4, -0.2) is 38.9 Å². The number of hydrogen-bond acceptors (Lipinski definition) is 5. The van der Waals surface area contributed by atoms with Gasteiger partial charge in [-0.05, 0) is 43.2 Å². The Bertz CT molecular complexity index is 826. The largest absolute Gasteiger partial charge is 0.493 e. The van der Waals surface area contributed by atoms with E-state index in [0.717, 1.165) is 10.0 Å². The van der Waals surface area contributed by atoms with E-state index >= 15 is 0 Å². The first-order valence-electron chi connectivity index (χ1n) is 8.64. The molecule has 7 heteroatoms. The molecule has 1 heterocycles. The van der Waals surface area contributed by atoms with E-state index in [1.54, 1.807) is 20.3 Å². The first-order chi connectivity index (χ1) is 13.0. The Morgan fingerprint density at radius 1 is 1.11 bits per heavy atom. The van der Waals surface area contributed by atoms with Crippen LogP contribution >= 0.6 is 15.9 Å². The maximum absolute atomic E-state index is 12.5. The molecule has 1 amide bonds. The summed E-state index contributed by atoms with van der Waals surface area (Å²) in [6.07, 6.45) is -0.424. The maximum atomic E-state index is 12.5. The van der Waals surface area contributed by atoms with Crippen molar-refractivity contribution in [1.82, 2.24) is 5.32 Å². The summed E-state index contributed by atoms with van der Waals surface area (Å²) in [7, 11) is 3.19. The molecule has 0 radical (unpaired) electrons. The van der Waals surface area contributed by atoms with E-state index in [1.165, 1.54) is 0 Å². The number of benzene rings is 2. The number of amides is 1. The van der Waals surface area contributed by atoms with Crippen LogP contribution < -0.4 is 24.3 Å². The van der Waals surface area contributed by atoms with Gasteiger partial charge in [-0.3, -0.25) is 4.79 Å². The fourth-order valence-electron chi connectivity index (χ4n) is 2.92. The van der Waals surface area contributed by atoms with Gasteiger partial charge in [-0.2, -0.15) is 0 Å². The topological polar surface area (TPSA) is 66.0 Å². The van der Waals surface area contributed by atoms with Crippen LogP contribution in [0.15, 0.2) is 40.9 Å². The molecule has 0 saturated heterocycles. The summed E-state index contributed by atoms with van der Waals surface area (Å²) in [6, 6.07) is 11.1. The lowest BCUT2D eigenvalue weighted by Gasteiger charge is -2.31. The van der Waals surface area contributed by atoms with Crippen molar-refractivity contribution in [3.8, 4) is 23.0 Å². The minimum Gasteiger partial charge on any atom is -0.493 e. The predicted molar refractivity (Wildman–Crippen MR) is 105 cm³/mol. The third-order valence-corrected chi connectivity index (χ3v) is 5.09. The predicted octanol–water partition coefficient (Wildman–Crippen LogP) is 3.35. The molecule has 2 aromatic carbocycles. The van der Waals surface area contributed by atoms with Gasteiger partial charge < -0.3 is 24.3 Å². The molecule has 0 aromatic heterocycles. The summed E-state index contributed by atoms with van der Waals surface area (Å²) < 4.78 is 23.1. The summed E-state index contributed by atoms with van der Waals surface area (Å²) in [6.45, 7) is 2.28. The van der Waals surface area contributed by atoms with Crippen LogP contribution in [0.25, 0.3) is 0 Å². The van der Waals surface area contributed by atoms with Gasteiger partial charge in [-0.1, -0.05) is 28.1 Å². The van der Waals surface area contributed by atoms with Gasteiger partial charge >= 0.3 is 0 Å². The van der Waals surface area contributed by atoms with Crippen molar-refractivity contribution >= 4 is 21.8 Å². The number of methoxy groups -OCH3 is 2. The molecule has 2 unspecified atom stereocenters. The molecule has 1 N–H and O–H groups in total. The quantitative estimate of drug-likeness (QED) is 0.753. The third-order valence-electron chi connectivity index (χ3n) is 4.35. The average Bonchev–Trinajstić information content (AvgIpc) is 2.68. The smallest absolute Gasteiger partial charge is 0.265 e. The Balaban J connectivity index is 1.60. The second kappa shape index (κ2) is 8.52. The number of ether oxygens (including phenoxy) is 4. The SMILES string of the molecule is COc1cc(Br)c(CCNC(=O)C2Oc3ccccc3OC2C)cc1OC. The highest BCUT2D eigenvalue weighted by atomic mass is 79.9. The van der Waals surface area contributed by atoms with E-state index in [-0.39, 0.29) is 12.0 Å². The molecule has 0 bridgehead atoms. The molecule has 1 aliphatic rings. The first-order valence-corrected chi connectivity index (χ1v) is 9.43. The highest BCUT2D eigenvalue weighted by Gasteiger charge is 2.33. The fourth-order valence-corrected chi connectivity index (χ4v) is 3.44. The second-order valence-corrected chi connectivity index (χ2v) is 7.00. The van der Waals surface area contributed by atoms with Crippen LogP contribution in [0.3, 0.4) is 0 Å². The zero-order valence-electron chi connectivity index (χ0n) is 15.5. The molecule has 0 spiro atoms. The number of para-hydroxylation sites is 2. The lowest BCUT2D eigenvalue weighted by atomic mass is 10.1. The molecule has 144 valence electrons. The third kappa shape index (κ3) is 4.30. The number of rotatable bonds is 6. The molecule has 0 fully saturated rings. The van der Waals surface area contributed by atoms with Crippen LogP contribution in [0, 0.1) is 0 Å². The van der Waals surface area contributed by atoms with E-state index < -0.39 is 6.10 Å². The van der Waals surface area contributed by atoms with E-state index in [2.05, 4.69) is 21.2 Å². The minimum absolute atomic E-state index is 0.200. The van der Waals surface area contributed by atoms with Crippen molar-refractivity contribution in [3.63, 3.8) is 0 Å². The van der Waals surface area contributed by atoms with Crippen molar-refractivity contribution < 1.29 is 23.7 Å². The molecular formula is C20H22BrNO5. The minimum atomic E-state index is -0.686. The van der Waals surface area contributed by atoms with E-state index in [1.807, 2.05) is 37.3 Å². The lowest BCUT2D eigenvalue weighted by molar-refractivity contribution is -0.133. The van der Waals surface area contributed by atoms with E-state index in [4.69, 9.17) is 18.9 Å². The summed E-state index contributed by atoms with van der Waals surface area (Å²) in [5.74, 6) is 2.34. The molecule has 0 aliphatic carbocycles.